The maximum atomic E-state index is 12.1. The zero-order valence-corrected chi connectivity index (χ0v) is 36.3. The van der Waals surface area contributed by atoms with Crippen LogP contribution in [0.3, 0.4) is 0 Å². The first-order valence-electron chi connectivity index (χ1n) is 21.5. The van der Waals surface area contributed by atoms with Crippen LogP contribution >= 0.6 is 0 Å². The number of para-hydroxylation sites is 1. The van der Waals surface area contributed by atoms with Gasteiger partial charge in [0.2, 0.25) is 11.5 Å². The van der Waals surface area contributed by atoms with E-state index in [0.717, 1.165) is 45.4 Å². The van der Waals surface area contributed by atoms with Gasteiger partial charge in [0.25, 0.3) is 11.6 Å². The lowest BCUT2D eigenvalue weighted by molar-refractivity contribution is -0.375. The lowest BCUT2D eigenvalue weighted by atomic mass is 9.67. The molecule has 2 radical (unpaired) electrons. The molecular weight excluding hydrogens is 855 g/mol. The Morgan fingerprint density at radius 2 is 0.941 bits per heavy atom. The van der Waals surface area contributed by atoms with E-state index in [1.807, 2.05) is 110 Å². The van der Waals surface area contributed by atoms with Gasteiger partial charge in [-0.15, -0.1) is 0 Å². The van der Waals surface area contributed by atoms with Crippen LogP contribution in [0.2, 0.25) is 0 Å². The summed E-state index contributed by atoms with van der Waals surface area (Å²) in [6, 6.07) is 47.9. The van der Waals surface area contributed by atoms with Gasteiger partial charge in [-0.3, -0.25) is 15.0 Å². The lowest BCUT2D eigenvalue weighted by Crippen LogP contribution is -2.51. The fraction of sp³-hybridized carbons (Fsp3) is 0.0909. The first-order valence-corrected chi connectivity index (χ1v) is 21.5. The molecule has 0 fully saturated rings. The van der Waals surface area contributed by atoms with Crippen molar-refractivity contribution >= 4 is 29.9 Å². The van der Waals surface area contributed by atoms with Crippen LogP contribution < -0.4 is 0 Å². The van der Waals surface area contributed by atoms with E-state index in [0.29, 0.717) is 45.1 Å². The fourth-order valence-electron chi connectivity index (χ4n) is 8.46. The second kappa shape index (κ2) is 16.9. The predicted octanol–water partition coefficient (Wildman–Crippen LogP) is 7.94. The third-order valence-electron chi connectivity index (χ3n) is 12.4. The molecule has 0 aliphatic carbocycles. The zero-order chi connectivity index (χ0) is 47.4. The summed E-state index contributed by atoms with van der Waals surface area (Å²) in [4.78, 5) is 18.1. The Hall–Kier alpha value is -7.72. The van der Waals surface area contributed by atoms with Gasteiger partial charge in [0.05, 0.1) is 17.1 Å². The highest BCUT2D eigenvalue weighted by molar-refractivity contribution is 6.15. The second-order valence-electron chi connectivity index (χ2n) is 16.7. The van der Waals surface area contributed by atoms with Crippen molar-refractivity contribution in [1.29, 1.82) is 0 Å². The first-order chi connectivity index (χ1) is 32.6. The average Bonchev–Trinajstić information content (AvgIpc) is 3.74. The first kappa shape index (κ1) is 44.1. The minimum absolute atomic E-state index is 0.133. The summed E-state index contributed by atoms with van der Waals surface area (Å²) in [7, 11) is 6.43. The maximum absolute atomic E-state index is 12.1. The molecule has 12 nitrogen and oxygen atoms in total. The molecule has 13 heteroatoms. The van der Waals surface area contributed by atoms with E-state index in [2.05, 4.69) is 15.0 Å². The molecule has 0 bridgehead atoms. The molecule has 0 amide bonds. The van der Waals surface area contributed by atoms with Gasteiger partial charge in [-0.2, -0.15) is 0 Å². The molecule has 1 atom stereocenters. The van der Waals surface area contributed by atoms with Crippen molar-refractivity contribution in [2.75, 3.05) is 0 Å². The van der Waals surface area contributed by atoms with Crippen molar-refractivity contribution < 1.29 is 40.2 Å². The van der Waals surface area contributed by atoms with E-state index >= 15 is 0 Å². The number of hydrogen-bond acceptors (Lipinski definition) is 12. The zero-order valence-electron chi connectivity index (χ0n) is 36.3. The van der Waals surface area contributed by atoms with E-state index in [4.69, 9.17) is 17.2 Å². The second-order valence-corrected chi connectivity index (χ2v) is 16.7. The number of rotatable bonds is 11. The topological polar surface area (TPSA) is 206 Å². The van der Waals surface area contributed by atoms with Gasteiger partial charge in [0.15, 0.2) is 0 Å². The highest BCUT2D eigenvalue weighted by Crippen LogP contribution is 2.45. The summed E-state index contributed by atoms with van der Waals surface area (Å²) in [6.45, 7) is 1.90. The van der Waals surface area contributed by atoms with Gasteiger partial charge in [-0.05, 0) is 89.8 Å². The largest absolute Gasteiger partial charge is 0.437 e. The Morgan fingerprint density at radius 1 is 0.412 bits per heavy atom. The highest BCUT2D eigenvalue weighted by atomic mass is 16.6. The van der Waals surface area contributed by atoms with Crippen molar-refractivity contribution in [2.45, 2.75) is 29.8 Å². The number of hydrogen-bond donors (Lipinski definition) is 7. The average molecular weight is 897 g/mol. The molecule has 332 valence electrons. The van der Waals surface area contributed by atoms with Crippen molar-refractivity contribution in [1.82, 2.24) is 19.9 Å². The van der Waals surface area contributed by atoms with Crippen molar-refractivity contribution in [3.05, 3.63) is 216 Å². The maximum Gasteiger partial charge on any atom is 0.252 e. The van der Waals surface area contributed by atoms with Gasteiger partial charge in [0.1, 0.15) is 18.9 Å². The normalized spacial score (nSPS) is 13.2. The highest BCUT2D eigenvalue weighted by Gasteiger charge is 2.53. The Labute approximate surface area is 390 Å². The van der Waals surface area contributed by atoms with Gasteiger partial charge < -0.3 is 40.2 Å². The van der Waals surface area contributed by atoms with Crippen LogP contribution in [0.25, 0.3) is 78.1 Å². The van der Waals surface area contributed by atoms with Crippen LogP contribution in [-0.2, 0) is 22.9 Å². The van der Waals surface area contributed by atoms with Gasteiger partial charge in [-0.1, -0.05) is 109 Å². The SMILES string of the molecule is [B]C(O)(c1ccc(-c2ccccc2)nc1)C(O)(O)c1cc(-c2ccccc2-c2ccc(-c3cccc4c3oc3nc(C)ccc34)nc2)cc(C(O)(O)C(O)(O)c2ccc(-c3ccccc3)nc2)c1. The molecule has 0 saturated heterocycles. The minimum Gasteiger partial charge on any atom is -0.437 e. The number of aromatic nitrogens is 4. The Bertz CT molecular complexity index is 3330. The third kappa shape index (κ3) is 7.63. The van der Waals surface area contributed by atoms with Crippen LogP contribution in [0, 0.1) is 6.92 Å². The third-order valence-corrected chi connectivity index (χ3v) is 12.4. The standard InChI is InChI=1S/C55H41BN4O8/c1-33-19-23-45-44-17-10-18-46(50(44)68-51(45)60-33)49-24-20-36(30-57-49)42-15-8-9-16-43(42)37-27-40(53(62,63)52(56,61)38-21-25-47(58-31-38)34-11-4-2-5-12-34)29-41(28-37)55(66,67)54(64,65)39-22-26-48(59-32-39)35-13-6-3-7-14-35/h2-32,61-67H,1H3. The summed E-state index contributed by atoms with van der Waals surface area (Å²) in [5, 5.41) is 85.2. The summed E-state index contributed by atoms with van der Waals surface area (Å²) in [6.07, 6.45) is 3.96. The summed E-state index contributed by atoms with van der Waals surface area (Å²) < 4.78 is 6.24. The summed E-state index contributed by atoms with van der Waals surface area (Å²) in [5.74, 6) is -10.4. The van der Waals surface area contributed by atoms with Gasteiger partial charge in [-0.25, -0.2) is 4.98 Å². The molecule has 5 aromatic carbocycles. The van der Waals surface area contributed by atoms with Crippen molar-refractivity contribution in [3.63, 3.8) is 0 Å². The molecule has 5 aromatic heterocycles. The molecule has 68 heavy (non-hydrogen) atoms. The molecule has 7 N–H and O–H groups in total. The fourth-order valence-corrected chi connectivity index (χ4v) is 8.46. The number of aliphatic hydroxyl groups is 7. The molecule has 10 aromatic rings. The molecule has 0 aliphatic rings. The van der Waals surface area contributed by atoms with Crippen LogP contribution in [-0.4, -0.2) is 63.5 Å². The predicted molar refractivity (Wildman–Crippen MR) is 258 cm³/mol. The van der Waals surface area contributed by atoms with E-state index < -0.39 is 39.6 Å². The lowest BCUT2D eigenvalue weighted by Gasteiger charge is -2.40. The van der Waals surface area contributed by atoms with Crippen LogP contribution in [0.5, 0.6) is 0 Å². The Kier molecular flexibility index (Phi) is 10.9. The quantitative estimate of drug-likeness (QED) is 0.0488. The number of aryl methyl sites for hydroxylation is 1. The molecule has 0 spiro atoms. The minimum atomic E-state index is -3.57. The Morgan fingerprint density at radius 3 is 1.53 bits per heavy atom. The molecular formula is C55H41BN4O8. The molecule has 0 saturated carbocycles. The summed E-state index contributed by atoms with van der Waals surface area (Å²) in [5.41, 5.74) is 2.84. The van der Waals surface area contributed by atoms with Gasteiger partial charge >= 0.3 is 0 Å². The monoisotopic (exact) mass is 896 g/mol. The van der Waals surface area contributed by atoms with Crippen molar-refractivity contribution in [3.8, 4) is 56.0 Å². The van der Waals surface area contributed by atoms with Crippen LogP contribution in [0.15, 0.2) is 193 Å². The van der Waals surface area contributed by atoms with Crippen LogP contribution in [0.1, 0.15) is 27.9 Å². The van der Waals surface area contributed by atoms with Crippen molar-refractivity contribution in [2.24, 2.45) is 0 Å². The van der Waals surface area contributed by atoms with Crippen LogP contribution in [0.4, 0.5) is 0 Å². The van der Waals surface area contributed by atoms with E-state index in [1.54, 1.807) is 36.5 Å². The number of fused-ring (bicyclic) bond motifs is 3. The number of benzene rings is 5. The molecule has 1 unspecified atom stereocenters. The number of furan rings is 1. The van der Waals surface area contributed by atoms with E-state index in [1.165, 1.54) is 36.5 Å². The van der Waals surface area contributed by atoms with E-state index in [9.17, 15) is 35.7 Å². The van der Waals surface area contributed by atoms with Gasteiger partial charge in [0, 0.05) is 74.0 Å². The van der Waals surface area contributed by atoms with E-state index in [-0.39, 0.29) is 11.1 Å². The summed E-state index contributed by atoms with van der Waals surface area (Å²) >= 11 is 0. The number of pyridine rings is 4. The smallest absolute Gasteiger partial charge is 0.252 e. The number of nitrogens with zero attached hydrogens (tertiary/aromatic N) is 4. The Balaban J connectivity index is 1.07. The molecule has 0 aliphatic heterocycles. The molecule has 10 rings (SSSR count). The molecule has 5 heterocycles.